The summed E-state index contributed by atoms with van der Waals surface area (Å²) in [6, 6.07) is 18.3. The Morgan fingerprint density at radius 3 is 2.61 bits per heavy atom. The lowest BCUT2D eigenvalue weighted by molar-refractivity contribution is 0.306. The number of fused-ring (bicyclic) bond motifs is 1. The molecule has 0 radical (unpaired) electrons. The van der Waals surface area contributed by atoms with Gasteiger partial charge in [0.1, 0.15) is 18.2 Å². The fourth-order valence-electron chi connectivity index (χ4n) is 2.81. The molecule has 4 nitrogen and oxygen atoms in total. The molecule has 0 unspecified atom stereocenters. The Bertz CT molecular complexity index is 755. The molecule has 4 heteroatoms. The molecule has 2 N–H and O–H groups in total. The first kappa shape index (κ1) is 14.0. The van der Waals surface area contributed by atoms with Gasteiger partial charge >= 0.3 is 0 Å². The third-order valence-corrected chi connectivity index (χ3v) is 4.08. The maximum absolute atomic E-state index is 5.82. The van der Waals surface area contributed by atoms with Gasteiger partial charge in [-0.05, 0) is 29.8 Å². The Kier molecular flexibility index (Phi) is 3.82. The van der Waals surface area contributed by atoms with Crippen LogP contribution in [0, 0.1) is 0 Å². The summed E-state index contributed by atoms with van der Waals surface area (Å²) in [7, 11) is 0. The second kappa shape index (κ2) is 6.26. The van der Waals surface area contributed by atoms with E-state index in [0.717, 1.165) is 36.6 Å². The quantitative estimate of drug-likeness (QED) is 0.777. The normalized spacial score (nSPS) is 13.6. The van der Waals surface area contributed by atoms with Crippen LogP contribution in [-0.4, -0.2) is 16.5 Å². The number of hydrogen-bond acceptors (Lipinski definition) is 3. The first-order valence-corrected chi connectivity index (χ1v) is 7.94. The fraction of sp³-hybridized carbons (Fsp3) is 0.211. The zero-order valence-corrected chi connectivity index (χ0v) is 12.9. The summed E-state index contributed by atoms with van der Waals surface area (Å²) in [5, 5.41) is 3.36. The SMILES string of the molecule is c1ccc(COc2ccc(-c3nc4c([nH]3)CNCC4)cc2)cc1. The lowest BCUT2D eigenvalue weighted by Crippen LogP contribution is -2.23. The van der Waals surface area contributed by atoms with Crippen LogP contribution in [0.15, 0.2) is 54.6 Å². The van der Waals surface area contributed by atoms with E-state index in [1.165, 1.54) is 17.0 Å². The summed E-state index contributed by atoms with van der Waals surface area (Å²) in [4.78, 5) is 8.12. The van der Waals surface area contributed by atoms with E-state index in [1.54, 1.807) is 0 Å². The molecule has 0 fully saturated rings. The maximum Gasteiger partial charge on any atom is 0.137 e. The van der Waals surface area contributed by atoms with E-state index >= 15 is 0 Å². The van der Waals surface area contributed by atoms with Gasteiger partial charge in [0, 0.05) is 25.1 Å². The Morgan fingerprint density at radius 1 is 1.00 bits per heavy atom. The lowest BCUT2D eigenvalue weighted by atomic mass is 10.2. The highest BCUT2D eigenvalue weighted by atomic mass is 16.5. The van der Waals surface area contributed by atoms with E-state index < -0.39 is 0 Å². The zero-order valence-electron chi connectivity index (χ0n) is 12.9. The zero-order chi connectivity index (χ0) is 15.5. The Balaban J connectivity index is 1.46. The van der Waals surface area contributed by atoms with Gasteiger partial charge in [-0.15, -0.1) is 0 Å². The predicted octanol–water partition coefficient (Wildman–Crippen LogP) is 3.30. The molecule has 0 bridgehead atoms. The summed E-state index contributed by atoms with van der Waals surface area (Å²) in [5.41, 5.74) is 4.65. The molecule has 2 heterocycles. The van der Waals surface area contributed by atoms with Crippen LogP contribution in [0.5, 0.6) is 5.75 Å². The first-order chi connectivity index (χ1) is 11.4. The topological polar surface area (TPSA) is 49.9 Å². The van der Waals surface area contributed by atoms with E-state index in [2.05, 4.69) is 34.6 Å². The van der Waals surface area contributed by atoms with Gasteiger partial charge in [0.25, 0.3) is 0 Å². The van der Waals surface area contributed by atoms with Crippen molar-refractivity contribution < 1.29 is 4.74 Å². The van der Waals surface area contributed by atoms with Crippen LogP contribution in [0.2, 0.25) is 0 Å². The molecular formula is C19H19N3O. The molecule has 1 aliphatic rings. The number of rotatable bonds is 4. The van der Waals surface area contributed by atoms with E-state index in [-0.39, 0.29) is 0 Å². The Morgan fingerprint density at radius 2 is 1.83 bits per heavy atom. The van der Waals surface area contributed by atoms with Gasteiger partial charge in [0.05, 0.1) is 11.4 Å². The maximum atomic E-state index is 5.82. The first-order valence-electron chi connectivity index (χ1n) is 7.94. The van der Waals surface area contributed by atoms with Crippen molar-refractivity contribution in [3.05, 3.63) is 71.5 Å². The van der Waals surface area contributed by atoms with Crippen molar-refractivity contribution in [2.45, 2.75) is 19.6 Å². The van der Waals surface area contributed by atoms with Crippen molar-refractivity contribution in [2.75, 3.05) is 6.54 Å². The molecule has 1 aliphatic heterocycles. The monoisotopic (exact) mass is 305 g/mol. The van der Waals surface area contributed by atoms with Crippen molar-refractivity contribution in [3.8, 4) is 17.1 Å². The number of aromatic nitrogens is 2. The summed E-state index contributed by atoms with van der Waals surface area (Å²) in [5.74, 6) is 1.81. The summed E-state index contributed by atoms with van der Waals surface area (Å²) in [6.07, 6.45) is 0.990. The third kappa shape index (κ3) is 3.12. The molecule has 0 atom stereocenters. The molecule has 116 valence electrons. The molecule has 23 heavy (non-hydrogen) atoms. The average Bonchev–Trinajstić information content (AvgIpc) is 3.05. The van der Waals surface area contributed by atoms with Gasteiger partial charge in [-0.2, -0.15) is 0 Å². The highest BCUT2D eigenvalue weighted by molar-refractivity contribution is 5.57. The van der Waals surface area contributed by atoms with Crippen molar-refractivity contribution in [3.63, 3.8) is 0 Å². The number of nitrogens with one attached hydrogen (secondary N) is 2. The molecule has 0 amide bonds. The van der Waals surface area contributed by atoms with Crippen molar-refractivity contribution in [2.24, 2.45) is 0 Å². The lowest BCUT2D eigenvalue weighted by Gasteiger charge is -2.09. The number of aromatic amines is 1. The standard InChI is InChI=1S/C19H19N3O/c1-2-4-14(5-3-1)13-23-16-8-6-15(7-9-16)19-21-17-10-11-20-12-18(17)22-19/h1-9,20H,10-13H2,(H,21,22). The number of nitrogens with zero attached hydrogens (tertiary/aromatic N) is 1. The van der Waals surface area contributed by atoms with Gasteiger partial charge in [-0.3, -0.25) is 0 Å². The highest BCUT2D eigenvalue weighted by Crippen LogP contribution is 2.23. The second-order valence-electron chi connectivity index (χ2n) is 5.74. The van der Waals surface area contributed by atoms with Gasteiger partial charge in [-0.1, -0.05) is 30.3 Å². The molecule has 4 rings (SSSR count). The average molecular weight is 305 g/mol. The highest BCUT2D eigenvalue weighted by Gasteiger charge is 2.14. The van der Waals surface area contributed by atoms with E-state index in [0.29, 0.717) is 6.61 Å². The van der Waals surface area contributed by atoms with Gasteiger partial charge in [-0.25, -0.2) is 4.98 Å². The smallest absolute Gasteiger partial charge is 0.137 e. The minimum absolute atomic E-state index is 0.584. The predicted molar refractivity (Wildman–Crippen MR) is 90.2 cm³/mol. The van der Waals surface area contributed by atoms with Crippen molar-refractivity contribution in [1.82, 2.24) is 15.3 Å². The van der Waals surface area contributed by atoms with Crippen molar-refractivity contribution >= 4 is 0 Å². The third-order valence-electron chi connectivity index (χ3n) is 4.08. The minimum atomic E-state index is 0.584. The van der Waals surface area contributed by atoms with Gasteiger partial charge in [0.2, 0.25) is 0 Å². The van der Waals surface area contributed by atoms with E-state index in [4.69, 9.17) is 9.72 Å². The molecule has 0 saturated heterocycles. The Labute approximate surface area is 135 Å². The van der Waals surface area contributed by atoms with E-state index in [9.17, 15) is 0 Å². The van der Waals surface area contributed by atoms with Crippen LogP contribution in [0.25, 0.3) is 11.4 Å². The molecule has 3 aromatic rings. The minimum Gasteiger partial charge on any atom is -0.489 e. The number of ether oxygens (including phenoxy) is 1. The van der Waals surface area contributed by atoms with Gasteiger partial charge in [0.15, 0.2) is 0 Å². The molecule has 1 aromatic heterocycles. The summed E-state index contributed by atoms with van der Waals surface area (Å²) < 4.78 is 5.82. The Hall–Kier alpha value is -2.59. The van der Waals surface area contributed by atoms with Crippen LogP contribution in [0.3, 0.4) is 0 Å². The van der Waals surface area contributed by atoms with Crippen LogP contribution in [0.4, 0.5) is 0 Å². The van der Waals surface area contributed by atoms with Crippen LogP contribution in [-0.2, 0) is 19.6 Å². The van der Waals surface area contributed by atoms with E-state index in [1.807, 2.05) is 30.3 Å². The molecule has 2 aromatic carbocycles. The fourth-order valence-corrected chi connectivity index (χ4v) is 2.81. The second-order valence-corrected chi connectivity index (χ2v) is 5.74. The molecule has 0 aliphatic carbocycles. The summed E-state index contributed by atoms with van der Waals surface area (Å²) in [6.45, 7) is 2.46. The summed E-state index contributed by atoms with van der Waals surface area (Å²) >= 11 is 0. The van der Waals surface area contributed by atoms with Crippen LogP contribution >= 0.6 is 0 Å². The molecule has 0 saturated carbocycles. The number of hydrogen-bond donors (Lipinski definition) is 2. The van der Waals surface area contributed by atoms with Gasteiger partial charge < -0.3 is 15.0 Å². The molecule has 0 spiro atoms. The number of benzene rings is 2. The number of imidazole rings is 1. The number of H-pyrrole nitrogens is 1. The largest absolute Gasteiger partial charge is 0.489 e. The van der Waals surface area contributed by atoms with Crippen LogP contribution < -0.4 is 10.1 Å². The molecular weight excluding hydrogens is 286 g/mol. The van der Waals surface area contributed by atoms with Crippen molar-refractivity contribution in [1.29, 1.82) is 0 Å². The van der Waals surface area contributed by atoms with Crippen LogP contribution in [0.1, 0.15) is 17.0 Å².